The van der Waals surface area contributed by atoms with Gasteiger partial charge >= 0.3 is 0 Å². The number of amides is 1. The van der Waals surface area contributed by atoms with Crippen LogP contribution in [0.25, 0.3) is 16.7 Å². The highest BCUT2D eigenvalue weighted by atomic mass is 16.1. The van der Waals surface area contributed by atoms with Crippen molar-refractivity contribution in [1.82, 2.24) is 19.5 Å². The number of rotatable bonds is 4. The first-order chi connectivity index (χ1) is 12.8. The molecule has 0 spiro atoms. The molecule has 1 atom stereocenters. The first-order valence-electron chi connectivity index (χ1n) is 9.60. The van der Waals surface area contributed by atoms with Crippen LogP contribution >= 0.6 is 0 Å². The van der Waals surface area contributed by atoms with Gasteiger partial charge in [-0.15, -0.1) is 0 Å². The van der Waals surface area contributed by atoms with Gasteiger partial charge in [0.1, 0.15) is 5.52 Å². The summed E-state index contributed by atoms with van der Waals surface area (Å²) in [7, 11) is 0. The minimum Gasteiger partial charge on any atom is -0.366 e. The number of imidazole rings is 1. The van der Waals surface area contributed by atoms with E-state index in [1.807, 2.05) is 29.8 Å². The molecule has 7 nitrogen and oxygen atoms in total. The summed E-state index contributed by atoms with van der Waals surface area (Å²) in [6.07, 6.45) is 5.37. The molecule has 0 radical (unpaired) electrons. The quantitative estimate of drug-likeness (QED) is 0.653. The summed E-state index contributed by atoms with van der Waals surface area (Å²) in [5.74, 6) is -0.433. The SMILES string of the molecule is Cc1cc(C(N)=O)c2c(c1)nc1c(C3(C)CCN(CC4(N)CC4)C3)c[nH]n12. The summed E-state index contributed by atoms with van der Waals surface area (Å²) in [5.41, 5.74) is 17.1. The molecule has 1 aromatic carbocycles. The molecule has 2 fully saturated rings. The Morgan fingerprint density at radius 3 is 2.81 bits per heavy atom. The van der Waals surface area contributed by atoms with Crippen molar-refractivity contribution in [2.75, 3.05) is 19.6 Å². The Bertz CT molecular complexity index is 1080. The van der Waals surface area contributed by atoms with Crippen molar-refractivity contribution >= 4 is 22.6 Å². The van der Waals surface area contributed by atoms with Crippen molar-refractivity contribution < 1.29 is 4.79 Å². The second-order valence-electron chi connectivity index (χ2n) is 8.89. The summed E-state index contributed by atoms with van der Waals surface area (Å²) in [5, 5.41) is 3.31. The maximum atomic E-state index is 12.0. The van der Waals surface area contributed by atoms with E-state index >= 15 is 0 Å². The molecule has 0 bridgehead atoms. The lowest BCUT2D eigenvalue weighted by molar-refractivity contribution is 0.100. The van der Waals surface area contributed by atoms with Gasteiger partial charge in [-0.2, -0.15) is 0 Å². The number of carbonyl (C=O) groups excluding carboxylic acids is 1. The summed E-state index contributed by atoms with van der Waals surface area (Å²) in [4.78, 5) is 19.3. The summed E-state index contributed by atoms with van der Waals surface area (Å²) < 4.78 is 1.91. The lowest BCUT2D eigenvalue weighted by atomic mass is 9.83. The zero-order chi connectivity index (χ0) is 19.0. The Labute approximate surface area is 157 Å². The number of likely N-dealkylation sites (tertiary alicyclic amines) is 1. The molecule has 5 rings (SSSR count). The Hall–Kier alpha value is -2.38. The number of nitrogens with two attached hydrogens (primary N) is 2. The molecule has 3 aromatic rings. The molecule has 2 aromatic heterocycles. The van der Waals surface area contributed by atoms with Gasteiger partial charge in [0.25, 0.3) is 5.91 Å². The summed E-state index contributed by atoms with van der Waals surface area (Å²) >= 11 is 0. The molecule has 7 heteroatoms. The van der Waals surface area contributed by atoms with Crippen molar-refractivity contribution in [3.05, 3.63) is 35.0 Å². The van der Waals surface area contributed by atoms with Gasteiger partial charge in [0.05, 0.1) is 11.1 Å². The van der Waals surface area contributed by atoms with Gasteiger partial charge in [0, 0.05) is 35.8 Å². The van der Waals surface area contributed by atoms with E-state index in [0.29, 0.717) is 5.56 Å². The van der Waals surface area contributed by atoms with Crippen LogP contribution in [0.2, 0.25) is 0 Å². The third-order valence-electron chi connectivity index (χ3n) is 6.37. The predicted octanol–water partition coefficient (Wildman–Crippen LogP) is 1.68. The molecular weight excluding hydrogens is 340 g/mol. The second-order valence-corrected chi connectivity index (χ2v) is 8.89. The van der Waals surface area contributed by atoms with E-state index in [0.717, 1.165) is 61.1 Å². The number of nitrogens with one attached hydrogen (secondary N) is 1. The third kappa shape index (κ3) is 2.56. The number of benzene rings is 1. The number of nitrogens with zero attached hydrogens (tertiary/aromatic N) is 3. The summed E-state index contributed by atoms with van der Waals surface area (Å²) in [6, 6.07) is 3.83. The Kier molecular flexibility index (Phi) is 3.31. The van der Waals surface area contributed by atoms with E-state index in [9.17, 15) is 4.79 Å². The van der Waals surface area contributed by atoms with Gasteiger partial charge in [-0.25, -0.2) is 9.50 Å². The van der Waals surface area contributed by atoms with Gasteiger partial charge in [-0.1, -0.05) is 6.92 Å². The van der Waals surface area contributed by atoms with E-state index < -0.39 is 5.91 Å². The van der Waals surface area contributed by atoms with Crippen LogP contribution in [0.4, 0.5) is 0 Å². The van der Waals surface area contributed by atoms with Gasteiger partial charge in [0.15, 0.2) is 5.65 Å². The monoisotopic (exact) mass is 366 g/mol. The normalized spacial score (nSPS) is 24.9. The van der Waals surface area contributed by atoms with Crippen molar-refractivity contribution in [2.45, 2.75) is 44.1 Å². The molecule has 1 amide bonds. The fourth-order valence-corrected chi connectivity index (χ4v) is 4.66. The topological polar surface area (TPSA) is 105 Å². The highest BCUT2D eigenvalue weighted by Gasteiger charge is 2.44. The largest absolute Gasteiger partial charge is 0.366 e. The zero-order valence-electron chi connectivity index (χ0n) is 15.9. The first kappa shape index (κ1) is 16.8. The highest BCUT2D eigenvalue weighted by molar-refractivity contribution is 6.05. The second kappa shape index (κ2) is 5.33. The fourth-order valence-electron chi connectivity index (χ4n) is 4.66. The number of hydrogen-bond acceptors (Lipinski definition) is 4. The van der Waals surface area contributed by atoms with E-state index in [1.165, 1.54) is 5.56 Å². The average molecular weight is 366 g/mol. The molecule has 1 aliphatic carbocycles. The number of primary amides is 1. The number of aromatic nitrogens is 3. The minimum atomic E-state index is -0.433. The van der Waals surface area contributed by atoms with Gasteiger partial charge in [0.2, 0.25) is 0 Å². The van der Waals surface area contributed by atoms with Crippen molar-refractivity contribution in [3.63, 3.8) is 0 Å². The van der Waals surface area contributed by atoms with Crippen LogP contribution in [0.15, 0.2) is 18.3 Å². The maximum absolute atomic E-state index is 12.0. The standard InChI is InChI=1S/C20H26N6O/c1-12-7-13(17(21)27)16-15(8-12)24-18-14(9-23-26(16)18)19(2)5-6-25(10-19)11-20(22)3-4-20/h7-9,23H,3-6,10-11,22H2,1-2H3,(H2,21,27). The van der Waals surface area contributed by atoms with Gasteiger partial charge < -0.3 is 16.4 Å². The van der Waals surface area contributed by atoms with Crippen LogP contribution < -0.4 is 11.5 Å². The van der Waals surface area contributed by atoms with Crippen LogP contribution in [0.5, 0.6) is 0 Å². The van der Waals surface area contributed by atoms with E-state index in [2.05, 4.69) is 16.9 Å². The molecule has 3 heterocycles. The number of H-pyrrole nitrogens is 1. The smallest absolute Gasteiger partial charge is 0.250 e. The van der Waals surface area contributed by atoms with Gasteiger partial charge in [-0.3, -0.25) is 9.89 Å². The zero-order valence-corrected chi connectivity index (χ0v) is 15.9. The van der Waals surface area contributed by atoms with Crippen molar-refractivity contribution in [3.8, 4) is 0 Å². The van der Waals surface area contributed by atoms with E-state index in [-0.39, 0.29) is 11.0 Å². The molecule has 1 saturated heterocycles. The molecule has 1 unspecified atom stereocenters. The number of aromatic amines is 1. The minimum absolute atomic E-state index is 0.00973. The molecule has 27 heavy (non-hydrogen) atoms. The molecule has 1 aliphatic heterocycles. The Balaban J connectivity index is 1.58. The molecule has 5 N–H and O–H groups in total. The number of fused-ring (bicyclic) bond motifs is 3. The molecule has 1 saturated carbocycles. The number of carbonyl (C=O) groups is 1. The lowest BCUT2D eigenvalue weighted by Gasteiger charge is -2.25. The Morgan fingerprint density at radius 1 is 1.33 bits per heavy atom. The van der Waals surface area contributed by atoms with Crippen LogP contribution in [0.3, 0.4) is 0 Å². The third-order valence-corrected chi connectivity index (χ3v) is 6.37. The van der Waals surface area contributed by atoms with Crippen LogP contribution in [0.1, 0.15) is 47.7 Å². The van der Waals surface area contributed by atoms with Crippen LogP contribution in [-0.4, -0.2) is 50.6 Å². The number of hydrogen-bond donors (Lipinski definition) is 3. The van der Waals surface area contributed by atoms with Crippen LogP contribution in [0, 0.1) is 6.92 Å². The lowest BCUT2D eigenvalue weighted by Crippen LogP contribution is -2.39. The maximum Gasteiger partial charge on any atom is 0.250 e. The number of aryl methyl sites for hydroxylation is 1. The van der Waals surface area contributed by atoms with Gasteiger partial charge in [-0.05, 0) is 50.4 Å². The predicted molar refractivity (Wildman–Crippen MR) is 105 cm³/mol. The summed E-state index contributed by atoms with van der Waals surface area (Å²) in [6.45, 7) is 7.26. The fraction of sp³-hybridized carbons (Fsp3) is 0.500. The average Bonchev–Trinajstić information content (AvgIpc) is 2.94. The Morgan fingerprint density at radius 2 is 2.11 bits per heavy atom. The molecule has 2 aliphatic rings. The molecular formula is C20H26N6O. The van der Waals surface area contributed by atoms with E-state index in [1.54, 1.807) is 0 Å². The first-order valence-corrected chi connectivity index (χ1v) is 9.60. The van der Waals surface area contributed by atoms with Crippen LogP contribution in [-0.2, 0) is 5.41 Å². The van der Waals surface area contributed by atoms with Crippen molar-refractivity contribution in [2.24, 2.45) is 11.5 Å². The highest BCUT2D eigenvalue weighted by Crippen LogP contribution is 2.40. The van der Waals surface area contributed by atoms with E-state index in [4.69, 9.17) is 16.5 Å². The molecule has 142 valence electrons. The van der Waals surface area contributed by atoms with Crippen molar-refractivity contribution in [1.29, 1.82) is 0 Å².